The van der Waals surface area contributed by atoms with Crippen molar-refractivity contribution >= 4 is 23.0 Å². The van der Waals surface area contributed by atoms with E-state index in [0.717, 1.165) is 29.0 Å². The van der Waals surface area contributed by atoms with E-state index >= 15 is 0 Å². The molecule has 0 radical (unpaired) electrons. The minimum atomic E-state index is -0.359. The van der Waals surface area contributed by atoms with Crippen molar-refractivity contribution < 1.29 is 9.66 Å². The zero-order valence-electron chi connectivity index (χ0n) is 13.6. The number of hydrogen-bond acceptors (Lipinski definition) is 4. The van der Waals surface area contributed by atoms with Crippen LogP contribution in [0.2, 0.25) is 5.02 Å². The van der Waals surface area contributed by atoms with Crippen molar-refractivity contribution in [3.8, 4) is 5.75 Å². The largest absolute Gasteiger partial charge is 0.495 e. The van der Waals surface area contributed by atoms with Crippen molar-refractivity contribution in [3.05, 3.63) is 74.8 Å². The number of benzene rings is 2. The summed E-state index contributed by atoms with van der Waals surface area (Å²) in [6, 6.07) is 10.5. The number of hydrogen-bond donors (Lipinski definition) is 1. The Hall–Kier alpha value is -2.53. The first-order valence-electron chi connectivity index (χ1n) is 8.14. The van der Waals surface area contributed by atoms with Gasteiger partial charge in [-0.15, -0.1) is 0 Å². The van der Waals surface area contributed by atoms with Crippen LogP contribution in [-0.2, 0) is 0 Å². The molecular formula is C19H17ClN2O3. The van der Waals surface area contributed by atoms with E-state index < -0.39 is 0 Å². The maximum atomic E-state index is 11.1. The molecule has 128 valence electrons. The highest BCUT2D eigenvalue weighted by Crippen LogP contribution is 2.54. The van der Waals surface area contributed by atoms with E-state index in [4.69, 9.17) is 16.3 Å². The van der Waals surface area contributed by atoms with Crippen molar-refractivity contribution in [2.24, 2.45) is 5.92 Å². The highest BCUT2D eigenvalue weighted by atomic mass is 35.5. The van der Waals surface area contributed by atoms with Gasteiger partial charge in [0.2, 0.25) is 0 Å². The van der Waals surface area contributed by atoms with Crippen molar-refractivity contribution in [2.75, 3.05) is 12.4 Å². The van der Waals surface area contributed by atoms with Gasteiger partial charge in [-0.05, 0) is 30.0 Å². The van der Waals surface area contributed by atoms with E-state index in [1.165, 1.54) is 6.07 Å². The van der Waals surface area contributed by atoms with Crippen LogP contribution in [0.1, 0.15) is 29.5 Å². The molecule has 4 rings (SSSR count). The summed E-state index contributed by atoms with van der Waals surface area (Å²) in [5.41, 5.74) is 2.92. The average molecular weight is 357 g/mol. The summed E-state index contributed by atoms with van der Waals surface area (Å²) in [5.74, 6) is 1.16. The molecule has 2 aromatic rings. The average Bonchev–Trinajstić information content (AvgIpc) is 3.11. The van der Waals surface area contributed by atoms with Gasteiger partial charge >= 0.3 is 0 Å². The van der Waals surface area contributed by atoms with Crippen LogP contribution < -0.4 is 10.1 Å². The summed E-state index contributed by atoms with van der Waals surface area (Å²) in [6.45, 7) is 0. The maximum Gasteiger partial charge on any atom is 0.269 e. The lowest BCUT2D eigenvalue weighted by atomic mass is 9.77. The molecule has 0 amide bonds. The van der Waals surface area contributed by atoms with Gasteiger partial charge in [0.05, 0.1) is 23.8 Å². The number of methoxy groups -OCH3 is 1. The molecule has 0 bridgehead atoms. The van der Waals surface area contributed by atoms with Gasteiger partial charge in [-0.2, -0.15) is 0 Å². The lowest BCUT2D eigenvalue weighted by Crippen LogP contribution is -2.29. The van der Waals surface area contributed by atoms with Crippen LogP contribution in [0.5, 0.6) is 5.75 Å². The number of non-ortho nitro benzene ring substituents is 1. The number of rotatable bonds is 3. The molecule has 3 atom stereocenters. The third kappa shape index (κ3) is 2.55. The summed E-state index contributed by atoms with van der Waals surface area (Å²) in [6.07, 6.45) is 5.24. The van der Waals surface area contributed by atoms with Gasteiger partial charge in [-0.1, -0.05) is 35.9 Å². The second kappa shape index (κ2) is 6.08. The topological polar surface area (TPSA) is 64.4 Å². The predicted octanol–water partition coefficient (Wildman–Crippen LogP) is 5.08. The summed E-state index contributed by atoms with van der Waals surface area (Å²) < 4.78 is 5.51. The number of nitro benzene ring substituents is 1. The zero-order chi connectivity index (χ0) is 17.6. The first-order valence-corrected chi connectivity index (χ1v) is 8.52. The molecule has 1 heterocycles. The van der Waals surface area contributed by atoms with Crippen molar-refractivity contribution in [1.82, 2.24) is 0 Å². The summed E-state index contributed by atoms with van der Waals surface area (Å²) in [5, 5.41) is 15.4. The molecule has 1 aliphatic heterocycles. The molecule has 2 aliphatic rings. The fourth-order valence-corrected chi connectivity index (χ4v) is 4.25. The van der Waals surface area contributed by atoms with Gasteiger partial charge < -0.3 is 10.1 Å². The van der Waals surface area contributed by atoms with E-state index in [-0.39, 0.29) is 28.5 Å². The molecule has 0 fully saturated rings. The van der Waals surface area contributed by atoms with Crippen molar-refractivity contribution in [2.45, 2.75) is 18.4 Å². The summed E-state index contributed by atoms with van der Waals surface area (Å²) >= 11 is 6.48. The quantitative estimate of drug-likeness (QED) is 0.473. The fourth-order valence-electron chi connectivity index (χ4n) is 3.97. The third-order valence-electron chi connectivity index (χ3n) is 5.09. The van der Waals surface area contributed by atoms with Gasteiger partial charge in [0.15, 0.2) is 0 Å². The number of halogens is 1. The van der Waals surface area contributed by atoms with Gasteiger partial charge in [-0.25, -0.2) is 0 Å². The second-order valence-corrected chi connectivity index (χ2v) is 6.77. The first-order chi connectivity index (χ1) is 12.1. The second-order valence-electron chi connectivity index (χ2n) is 6.37. The van der Waals surface area contributed by atoms with Crippen LogP contribution in [0.15, 0.2) is 48.6 Å². The lowest BCUT2D eigenvalue weighted by Gasteiger charge is -2.38. The Morgan fingerprint density at radius 1 is 1.32 bits per heavy atom. The highest BCUT2D eigenvalue weighted by molar-refractivity contribution is 6.32. The van der Waals surface area contributed by atoms with Gasteiger partial charge in [0.25, 0.3) is 5.69 Å². The van der Waals surface area contributed by atoms with Crippen molar-refractivity contribution in [3.63, 3.8) is 0 Å². The van der Waals surface area contributed by atoms with Crippen LogP contribution in [0.4, 0.5) is 11.4 Å². The molecule has 25 heavy (non-hydrogen) atoms. The van der Waals surface area contributed by atoms with Crippen LogP contribution >= 0.6 is 11.6 Å². The van der Waals surface area contributed by atoms with Crippen LogP contribution in [-0.4, -0.2) is 12.0 Å². The number of anilines is 1. The molecule has 0 spiro atoms. The number of nitro groups is 1. The molecule has 0 saturated heterocycles. The van der Waals surface area contributed by atoms with Crippen LogP contribution in [0.25, 0.3) is 0 Å². The predicted molar refractivity (Wildman–Crippen MR) is 97.5 cm³/mol. The van der Waals surface area contributed by atoms with Gasteiger partial charge in [0, 0.05) is 28.6 Å². The summed E-state index contributed by atoms with van der Waals surface area (Å²) in [4.78, 5) is 10.8. The third-order valence-corrected chi connectivity index (χ3v) is 5.42. The highest BCUT2D eigenvalue weighted by Gasteiger charge is 2.40. The molecule has 5 nitrogen and oxygen atoms in total. The standard InChI is InChI=1S/C19H17ClN2O3/c1-25-16-9-8-15(20)17-13-6-3-7-14(13)18(21-19(16)17)11-4-2-5-12(10-11)22(23)24/h2-6,8-10,13-14,18,21H,7H2,1H3/t13?,14?,18-/m1/s1. The molecule has 0 saturated carbocycles. The number of allylic oxidation sites excluding steroid dienone is 2. The van der Waals surface area contributed by atoms with E-state index in [1.54, 1.807) is 19.2 Å². The van der Waals surface area contributed by atoms with E-state index in [9.17, 15) is 10.1 Å². The smallest absolute Gasteiger partial charge is 0.269 e. The monoisotopic (exact) mass is 356 g/mol. The van der Waals surface area contributed by atoms with E-state index in [1.807, 2.05) is 18.2 Å². The first kappa shape index (κ1) is 16.0. The number of nitrogens with one attached hydrogen (secondary N) is 1. The SMILES string of the molecule is COc1ccc(Cl)c2c1N[C@H](c1cccc([N+](=O)[O-])c1)C1CC=CC21. The normalized spacial score (nSPS) is 23.5. The Bertz CT molecular complexity index is 881. The Kier molecular flexibility index (Phi) is 3.88. The minimum absolute atomic E-state index is 0.0419. The van der Waals surface area contributed by atoms with Crippen LogP contribution in [0.3, 0.4) is 0 Å². The molecule has 2 unspecified atom stereocenters. The molecule has 0 aromatic heterocycles. The number of nitrogens with zero attached hydrogens (tertiary/aromatic N) is 1. The molecule has 2 aromatic carbocycles. The molecule has 6 heteroatoms. The molecule has 1 aliphatic carbocycles. The van der Waals surface area contributed by atoms with E-state index in [0.29, 0.717) is 5.02 Å². The lowest BCUT2D eigenvalue weighted by molar-refractivity contribution is -0.384. The Morgan fingerprint density at radius 3 is 2.92 bits per heavy atom. The fraction of sp³-hybridized carbons (Fsp3) is 0.263. The van der Waals surface area contributed by atoms with Gasteiger partial charge in [-0.3, -0.25) is 10.1 Å². The van der Waals surface area contributed by atoms with Crippen molar-refractivity contribution in [1.29, 1.82) is 0 Å². The Labute approximate surface area is 150 Å². The van der Waals surface area contributed by atoms with Crippen LogP contribution in [0, 0.1) is 16.0 Å². The van der Waals surface area contributed by atoms with E-state index in [2.05, 4.69) is 17.5 Å². The Balaban J connectivity index is 1.84. The zero-order valence-corrected chi connectivity index (χ0v) is 14.4. The molecular weight excluding hydrogens is 340 g/mol. The number of ether oxygens (including phenoxy) is 1. The summed E-state index contributed by atoms with van der Waals surface area (Å²) in [7, 11) is 1.63. The number of fused-ring (bicyclic) bond motifs is 3. The molecule has 1 N–H and O–H groups in total. The Morgan fingerprint density at radius 2 is 2.16 bits per heavy atom. The van der Waals surface area contributed by atoms with Gasteiger partial charge in [0.1, 0.15) is 5.75 Å². The maximum absolute atomic E-state index is 11.1. The minimum Gasteiger partial charge on any atom is -0.495 e.